The second kappa shape index (κ2) is 4.34. The van der Waals surface area contributed by atoms with Crippen LogP contribution >= 0.6 is 0 Å². The summed E-state index contributed by atoms with van der Waals surface area (Å²) in [5.41, 5.74) is 7.40. The predicted molar refractivity (Wildman–Crippen MR) is 64.0 cm³/mol. The van der Waals surface area contributed by atoms with Gasteiger partial charge in [-0.1, -0.05) is 6.07 Å². The van der Waals surface area contributed by atoms with Crippen LogP contribution in [0.1, 0.15) is 24.8 Å². The first-order valence-corrected chi connectivity index (χ1v) is 5.67. The molecule has 0 bridgehead atoms. The fourth-order valence-electron chi connectivity index (χ4n) is 2.18. The molecule has 3 heteroatoms. The molecular formula is C13H19NO2. The number of nitrogens with two attached hydrogens (primary N) is 1. The zero-order valence-electron chi connectivity index (χ0n) is 9.95. The summed E-state index contributed by atoms with van der Waals surface area (Å²) in [6.45, 7) is 0. The number of methoxy groups -OCH3 is 2. The largest absolute Gasteiger partial charge is 0.497 e. The summed E-state index contributed by atoms with van der Waals surface area (Å²) < 4.78 is 10.5. The summed E-state index contributed by atoms with van der Waals surface area (Å²) in [6, 6.07) is 5.92. The average molecular weight is 221 g/mol. The van der Waals surface area contributed by atoms with Crippen molar-refractivity contribution in [2.75, 3.05) is 14.2 Å². The van der Waals surface area contributed by atoms with Gasteiger partial charge in [0.1, 0.15) is 11.5 Å². The molecule has 0 heterocycles. The third-order valence-corrected chi connectivity index (χ3v) is 3.39. The number of benzene rings is 1. The van der Waals surface area contributed by atoms with Crippen LogP contribution < -0.4 is 15.2 Å². The Balaban J connectivity index is 2.19. The fraction of sp³-hybridized carbons (Fsp3) is 0.538. The van der Waals surface area contributed by atoms with Crippen molar-refractivity contribution in [3.8, 4) is 11.5 Å². The smallest absolute Gasteiger partial charge is 0.125 e. The van der Waals surface area contributed by atoms with Gasteiger partial charge in [-0.25, -0.2) is 0 Å². The van der Waals surface area contributed by atoms with Crippen LogP contribution in [0.25, 0.3) is 0 Å². The maximum atomic E-state index is 6.24. The van der Waals surface area contributed by atoms with Gasteiger partial charge in [0, 0.05) is 11.6 Å². The lowest BCUT2D eigenvalue weighted by Crippen LogP contribution is -2.48. The van der Waals surface area contributed by atoms with E-state index in [0.29, 0.717) is 0 Å². The van der Waals surface area contributed by atoms with E-state index < -0.39 is 0 Å². The monoisotopic (exact) mass is 221 g/mol. The molecule has 1 aliphatic rings. The first kappa shape index (κ1) is 11.3. The molecule has 0 atom stereocenters. The third-order valence-electron chi connectivity index (χ3n) is 3.39. The number of rotatable bonds is 4. The lowest BCUT2D eigenvalue weighted by Gasteiger charge is -2.38. The summed E-state index contributed by atoms with van der Waals surface area (Å²) in [4.78, 5) is 0. The first-order chi connectivity index (χ1) is 7.67. The standard InChI is InChI=1S/C13H19NO2/c1-15-11-5-4-10(12(8-11)16-2)9-13(14)6-3-7-13/h4-5,8H,3,6-7,9,14H2,1-2H3. The van der Waals surface area contributed by atoms with Crippen LogP contribution in [0.5, 0.6) is 11.5 Å². The maximum Gasteiger partial charge on any atom is 0.125 e. The van der Waals surface area contributed by atoms with E-state index in [1.165, 1.54) is 12.0 Å². The van der Waals surface area contributed by atoms with Crippen LogP contribution in [0.2, 0.25) is 0 Å². The third kappa shape index (κ3) is 2.14. The van der Waals surface area contributed by atoms with Crippen molar-refractivity contribution in [2.45, 2.75) is 31.2 Å². The fourth-order valence-corrected chi connectivity index (χ4v) is 2.18. The topological polar surface area (TPSA) is 44.5 Å². The molecule has 2 rings (SSSR count). The van der Waals surface area contributed by atoms with Crippen LogP contribution in [0.3, 0.4) is 0 Å². The van der Waals surface area contributed by atoms with E-state index in [4.69, 9.17) is 15.2 Å². The van der Waals surface area contributed by atoms with E-state index in [1.807, 2.05) is 18.2 Å². The lowest BCUT2D eigenvalue weighted by atomic mass is 9.73. The van der Waals surface area contributed by atoms with E-state index >= 15 is 0 Å². The van der Waals surface area contributed by atoms with Gasteiger partial charge < -0.3 is 15.2 Å². The molecule has 0 saturated heterocycles. The highest BCUT2D eigenvalue weighted by molar-refractivity contribution is 5.41. The van der Waals surface area contributed by atoms with Crippen molar-refractivity contribution in [1.29, 1.82) is 0 Å². The minimum atomic E-state index is -0.0120. The van der Waals surface area contributed by atoms with Gasteiger partial charge in [0.25, 0.3) is 0 Å². The zero-order valence-corrected chi connectivity index (χ0v) is 9.95. The van der Waals surface area contributed by atoms with Crippen molar-refractivity contribution in [3.05, 3.63) is 23.8 Å². The van der Waals surface area contributed by atoms with Gasteiger partial charge in [-0.05, 0) is 37.3 Å². The summed E-state index contributed by atoms with van der Waals surface area (Å²) in [7, 11) is 3.34. The average Bonchev–Trinajstić information content (AvgIpc) is 2.27. The zero-order chi connectivity index (χ0) is 11.6. The van der Waals surface area contributed by atoms with E-state index in [9.17, 15) is 0 Å². The van der Waals surface area contributed by atoms with E-state index in [-0.39, 0.29) is 5.54 Å². The molecule has 1 fully saturated rings. The molecule has 1 aromatic rings. The Kier molecular flexibility index (Phi) is 3.06. The number of ether oxygens (including phenoxy) is 2. The highest BCUT2D eigenvalue weighted by Gasteiger charge is 2.33. The Bertz CT molecular complexity index is 372. The Morgan fingerprint density at radius 1 is 1.25 bits per heavy atom. The van der Waals surface area contributed by atoms with Crippen molar-refractivity contribution in [2.24, 2.45) is 5.73 Å². The minimum Gasteiger partial charge on any atom is -0.497 e. The van der Waals surface area contributed by atoms with Crippen LogP contribution in [0.4, 0.5) is 0 Å². The van der Waals surface area contributed by atoms with Gasteiger partial charge in [0.15, 0.2) is 0 Å². The Hall–Kier alpha value is -1.22. The van der Waals surface area contributed by atoms with E-state index in [2.05, 4.69) is 0 Å². The summed E-state index contributed by atoms with van der Waals surface area (Å²) in [5, 5.41) is 0. The molecule has 0 radical (unpaired) electrons. The van der Waals surface area contributed by atoms with Crippen LogP contribution in [0, 0.1) is 0 Å². The highest BCUT2D eigenvalue weighted by Crippen LogP contribution is 2.35. The summed E-state index contributed by atoms with van der Waals surface area (Å²) in [5.74, 6) is 1.69. The van der Waals surface area contributed by atoms with Gasteiger partial charge in [-0.3, -0.25) is 0 Å². The first-order valence-electron chi connectivity index (χ1n) is 5.67. The minimum absolute atomic E-state index is 0.0120. The predicted octanol–water partition coefficient (Wildman–Crippen LogP) is 2.13. The van der Waals surface area contributed by atoms with Crippen molar-refractivity contribution < 1.29 is 9.47 Å². The second-order valence-electron chi connectivity index (χ2n) is 4.57. The molecule has 0 spiro atoms. The van der Waals surface area contributed by atoms with Gasteiger partial charge in [-0.15, -0.1) is 0 Å². The second-order valence-corrected chi connectivity index (χ2v) is 4.57. The quantitative estimate of drug-likeness (QED) is 0.847. The van der Waals surface area contributed by atoms with Crippen LogP contribution in [0.15, 0.2) is 18.2 Å². The summed E-state index contributed by atoms with van der Waals surface area (Å²) >= 11 is 0. The van der Waals surface area contributed by atoms with Crippen LogP contribution in [-0.4, -0.2) is 19.8 Å². The highest BCUT2D eigenvalue weighted by atomic mass is 16.5. The van der Waals surface area contributed by atoms with Gasteiger partial charge in [0.2, 0.25) is 0 Å². The van der Waals surface area contributed by atoms with Gasteiger partial charge in [0.05, 0.1) is 14.2 Å². The van der Waals surface area contributed by atoms with E-state index in [0.717, 1.165) is 30.8 Å². The molecule has 1 aliphatic carbocycles. The molecule has 0 unspecified atom stereocenters. The van der Waals surface area contributed by atoms with Crippen LogP contribution in [-0.2, 0) is 6.42 Å². The van der Waals surface area contributed by atoms with Gasteiger partial charge >= 0.3 is 0 Å². The lowest BCUT2D eigenvalue weighted by molar-refractivity contribution is 0.244. The molecule has 3 nitrogen and oxygen atoms in total. The molecule has 0 aromatic heterocycles. The molecule has 16 heavy (non-hydrogen) atoms. The molecule has 0 aliphatic heterocycles. The molecular weight excluding hydrogens is 202 g/mol. The molecule has 0 amide bonds. The normalized spacial score (nSPS) is 17.7. The van der Waals surface area contributed by atoms with Crippen molar-refractivity contribution >= 4 is 0 Å². The van der Waals surface area contributed by atoms with Crippen molar-refractivity contribution in [1.82, 2.24) is 0 Å². The Labute approximate surface area is 96.5 Å². The molecule has 1 saturated carbocycles. The molecule has 2 N–H and O–H groups in total. The molecule has 88 valence electrons. The van der Waals surface area contributed by atoms with Crippen molar-refractivity contribution in [3.63, 3.8) is 0 Å². The Morgan fingerprint density at radius 2 is 2.00 bits per heavy atom. The van der Waals surface area contributed by atoms with Gasteiger partial charge in [-0.2, -0.15) is 0 Å². The Morgan fingerprint density at radius 3 is 2.50 bits per heavy atom. The molecule has 1 aromatic carbocycles. The number of hydrogen-bond donors (Lipinski definition) is 1. The maximum absolute atomic E-state index is 6.24. The number of hydrogen-bond acceptors (Lipinski definition) is 3. The van der Waals surface area contributed by atoms with E-state index in [1.54, 1.807) is 14.2 Å². The summed E-state index contributed by atoms with van der Waals surface area (Å²) in [6.07, 6.45) is 4.36. The SMILES string of the molecule is COc1ccc(CC2(N)CCC2)c(OC)c1.